The summed E-state index contributed by atoms with van der Waals surface area (Å²) in [6, 6.07) is 17.6. The minimum Gasteiger partial charge on any atom is -0.497 e. The van der Waals surface area contributed by atoms with Gasteiger partial charge in [-0.2, -0.15) is 0 Å². The third kappa shape index (κ3) is 2.55. The van der Waals surface area contributed by atoms with Crippen molar-refractivity contribution < 1.29 is 9.15 Å². The Morgan fingerprint density at radius 3 is 2.10 bits per heavy atom. The van der Waals surface area contributed by atoms with Crippen molar-refractivity contribution in [2.24, 2.45) is 0 Å². The predicted octanol–water partition coefficient (Wildman–Crippen LogP) is 5.58. The number of halogens is 1. The average molecular weight is 299 g/mol. The van der Waals surface area contributed by atoms with Gasteiger partial charge in [-0.1, -0.05) is 41.9 Å². The zero-order valence-corrected chi connectivity index (χ0v) is 12.6. The number of methoxy groups -OCH3 is 1. The van der Waals surface area contributed by atoms with Crippen molar-refractivity contribution in [3.8, 4) is 28.4 Å². The van der Waals surface area contributed by atoms with Crippen LogP contribution in [0.4, 0.5) is 0 Å². The molecule has 0 aliphatic carbocycles. The summed E-state index contributed by atoms with van der Waals surface area (Å²) in [6.07, 6.45) is 0. The van der Waals surface area contributed by atoms with Gasteiger partial charge in [0.25, 0.3) is 0 Å². The predicted molar refractivity (Wildman–Crippen MR) is 85.9 cm³/mol. The smallest absolute Gasteiger partial charge is 0.153 e. The van der Waals surface area contributed by atoms with Crippen molar-refractivity contribution in [3.63, 3.8) is 0 Å². The van der Waals surface area contributed by atoms with E-state index in [9.17, 15) is 0 Å². The molecule has 0 aliphatic heterocycles. The Kier molecular flexibility index (Phi) is 3.72. The van der Waals surface area contributed by atoms with Crippen LogP contribution in [0.3, 0.4) is 0 Å². The summed E-state index contributed by atoms with van der Waals surface area (Å²) in [4.78, 5) is 0. The Labute approximate surface area is 128 Å². The van der Waals surface area contributed by atoms with Gasteiger partial charge in [-0.15, -0.1) is 0 Å². The number of benzene rings is 2. The zero-order valence-electron chi connectivity index (χ0n) is 11.9. The first-order valence-electron chi connectivity index (χ1n) is 6.69. The van der Waals surface area contributed by atoms with Crippen molar-refractivity contribution in [1.82, 2.24) is 0 Å². The van der Waals surface area contributed by atoms with E-state index < -0.39 is 0 Å². The monoisotopic (exact) mass is 298 g/mol. The number of furan rings is 1. The molecule has 2 aromatic carbocycles. The molecule has 1 aromatic heterocycles. The number of hydrogen-bond donors (Lipinski definition) is 0. The first kappa shape index (κ1) is 13.8. The summed E-state index contributed by atoms with van der Waals surface area (Å²) in [5, 5.41) is 0.659. The van der Waals surface area contributed by atoms with E-state index in [0.717, 1.165) is 28.2 Å². The second kappa shape index (κ2) is 5.66. The van der Waals surface area contributed by atoms with Gasteiger partial charge in [-0.05, 0) is 31.2 Å². The molecular formula is C18H15ClO2. The second-order valence-electron chi connectivity index (χ2n) is 4.79. The summed E-state index contributed by atoms with van der Waals surface area (Å²) in [7, 11) is 1.65. The van der Waals surface area contributed by atoms with Gasteiger partial charge in [0.1, 0.15) is 11.5 Å². The van der Waals surface area contributed by atoms with Crippen LogP contribution >= 0.6 is 11.6 Å². The third-order valence-corrected chi connectivity index (χ3v) is 3.92. The van der Waals surface area contributed by atoms with Crippen molar-refractivity contribution >= 4 is 11.6 Å². The van der Waals surface area contributed by atoms with Gasteiger partial charge in [0.15, 0.2) is 5.76 Å². The fourth-order valence-corrected chi connectivity index (χ4v) is 2.52. The van der Waals surface area contributed by atoms with E-state index in [-0.39, 0.29) is 0 Å². The number of ether oxygens (including phenoxy) is 1. The van der Waals surface area contributed by atoms with Crippen LogP contribution in [-0.4, -0.2) is 7.11 Å². The highest BCUT2D eigenvalue weighted by atomic mass is 35.5. The van der Waals surface area contributed by atoms with Crippen LogP contribution in [0.1, 0.15) is 5.56 Å². The molecule has 0 fully saturated rings. The molecule has 1 heterocycles. The van der Waals surface area contributed by atoms with Crippen LogP contribution < -0.4 is 4.74 Å². The molecule has 3 rings (SSSR count). The Balaban J connectivity index is 2.08. The van der Waals surface area contributed by atoms with Gasteiger partial charge in [0.05, 0.1) is 12.1 Å². The first-order valence-corrected chi connectivity index (χ1v) is 7.07. The van der Waals surface area contributed by atoms with E-state index >= 15 is 0 Å². The van der Waals surface area contributed by atoms with Gasteiger partial charge in [-0.3, -0.25) is 0 Å². The Morgan fingerprint density at radius 1 is 0.857 bits per heavy atom. The van der Waals surface area contributed by atoms with Crippen molar-refractivity contribution in [2.75, 3.05) is 7.11 Å². The first-order chi connectivity index (χ1) is 10.2. The van der Waals surface area contributed by atoms with E-state index in [4.69, 9.17) is 20.8 Å². The standard InChI is InChI=1S/C18H15ClO2/c1-12-16(19)18(13-6-4-3-5-7-13)21-17(12)14-8-10-15(20-2)11-9-14/h3-11H,1-2H3. The SMILES string of the molecule is COc1ccc(-c2oc(-c3ccccc3)c(Cl)c2C)cc1. The van der Waals surface area contributed by atoms with Gasteiger partial charge >= 0.3 is 0 Å². The fraction of sp³-hybridized carbons (Fsp3) is 0.111. The molecule has 3 heteroatoms. The number of rotatable bonds is 3. The molecule has 0 saturated heterocycles. The molecule has 0 N–H and O–H groups in total. The van der Waals surface area contributed by atoms with Crippen LogP contribution in [0.25, 0.3) is 22.6 Å². The molecule has 0 spiro atoms. The van der Waals surface area contributed by atoms with E-state index in [1.165, 1.54) is 0 Å². The zero-order chi connectivity index (χ0) is 14.8. The van der Waals surface area contributed by atoms with Gasteiger partial charge in [0, 0.05) is 16.7 Å². The molecule has 0 saturated carbocycles. The van der Waals surface area contributed by atoms with Gasteiger partial charge in [-0.25, -0.2) is 0 Å². The second-order valence-corrected chi connectivity index (χ2v) is 5.17. The molecule has 106 valence electrons. The fourth-order valence-electron chi connectivity index (χ4n) is 2.29. The summed E-state index contributed by atoms with van der Waals surface area (Å²) in [5.41, 5.74) is 2.91. The maximum absolute atomic E-state index is 6.44. The highest BCUT2D eigenvalue weighted by Gasteiger charge is 2.18. The molecule has 3 aromatic rings. The van der Waals surface area contributed by atoms with Crippen molar-refractivity contribution in [1.29, 1.82) is 0 Å². The van der Waals surface area contributed by atoms with Crippen LogP contribution in [0, 0.1) is 6.92 Å². The summed E-state index contributed by atoms with van der Waals surface area (Å²) in [6.45, 7) is 1.97. The number of hydrogen-bond acceptors (Lipinski definition) is 2. The molecule has 0 bridgehead atoms. The van der Waals surface area contributed by atoms with E-state index in [2.05, 4.69) is 0 Å². The van der Waals surface area contributed by atoms with Crippen LogP contribution in [-0.2, 0) is 0 Å². The quantitative estimate of drug-likeness (QED) is 0.629. The van der Waals surface area contributed by atoms with Crippen molar-refractivity contribution in [3.05, 3.63) is 65.2 Å². The highest BCUT2D eigenvalue weighted by Crippen LogP contribution is 2.40. The third-order valence-electron chi connectivity index (χ3n) is 3.46. The molecule has 21 heavy (non-hydrogen) atoms. The Morgan fingerprint density at radius 2 is 1.48 bits per heavy atom. The summed E-state index contributed by atoms with van der Waals surface area (Å²) < 4.78 is 11.2. The lowest BCUT2D eigenvalue weighted by Crippen LogP contribution is -1.82. The minimum absolute atomic E-state index is 0.659. The summed E-state index contributed by atoms with van der Waals surface area (Å²) >= 11 is 6.44. The van der Waals surface area contributed by atoms with Crippen LogP contribution in [0.15, 0.2) is 59.0 Å². The van der Waals surface area contributed by atoms with Crippen LogP contribution in [0.5, 0.6) is 5.75 Å². The normalized spacial score (nSPS) is 10.6. The lowest BCUT2D eigenvalue weighted by Gasteiger charge is -2.02. The molecular weight excluding hydrogens is 284 g/mol. The minimum atomic E-state index is 0.659. The topological polar surface area (TPSA) is 22.4 Å². The maximum atomic E-state index is 6.44. The lowest BCUT2D eigenvalue weighted by molar-refractivity contribution is 0.415. The van der Waals surface area contributed by atoms with Gasteiger partial charge in [0.2, 0.25) is 0 Å². The van der Waals surface area contributed by atoms with E-state index in [1.54, 1.807) is 7.11 Å². The Hall–Kier alpha value is -2.19. The van der Waals surface area contributed by atoms with Gasteiger partial charge < -0.3 is 9.15 Å². The van der Waals surface area contributed by atoms with Crippen molar-refractivity contribution in [2.45, 2.75) is 6.92 Å². The molecule has 0 unspecified atom stereocenters. The highest BCUT2D eigenvalue weighted by molar-refractivity contribution is 6.34. The van der Waals surface area contributed by atoms with E-state index in [0.29, 0.717) is 10.8 Å². The molecule has 2 nitrogen and oxygen atoms in total. The lowest BCUT2D eigenvalue weighted by atomic mass is 10.1. The largest absolute Gasteiger partial charge is 0.497 e. The maximum Gasteiger partial charge on any atom is 0.153 e. The van der Waals surface area contributed by atoms with E-state index in [1.807, 2.05) is 61.5 Å². The molecule has 0 radical (unpaired) electrons. The average Bonchev–Trinajstić information content (AvgIpc) is 2.84. The Bertz CT molecular complexity index is 743. The molecule has 0 atom stereocenters. The van der Waals surface area contributed by atoms with Crippen LogP contribution in [0.2, 0.25) is 5.02 Å². The molecule has 0 aliphatic rings. The summed E-state index contributed by atoms with van der Waals surface area (Å²) in [5.74, 6) is 2.32. The molecule has 0 amide bonds.